The Labute approximate surface area is 179 Å². The van der Waals surface area contributed by atoms with E-state index in [0.29, 0.717) is 29.7 Å². The molecule has 0 radical (unpaired) electrons. The summed E-state index contributed by atoms with van der Waals surface area (Å²) in [6, 6.07) is 23.8. The molecular formula is C23H21ClN2O2S. The topological polar surface area (TPSA) is 42.8 Å². The van der Waals surface area contributed by atoms with Crippen molar-refractivity contribution in [2.24, 2.45) is 5.10 Å². The normalized spacial score (nSPS) is 15.5. The van der Waals surface area contributed by atoms with E-state index in [1.54, 1.807) is 11.8 Å². The minimum absolute atomic E-state index is 0.0297. The highest BCUT2D eigenvalue weighted by Crippen LogP contribution is 2.38. The summed E-state index contributed by atoms with van der Waals surface area (Å²) < 4.78 is 11.8. The van der Waals surface area contributed by atoms with E-state index >= 15 is 0 Å². The number of ether oxygens (including phenoxy) is 2. The van der Waals surface area contributed by atoms with Crippen molar-refractivity contribution in [2.45, 2.75) is 18.9 Å². The van der Waals surface area contributed by atoms with Crippen molar-refractivity contribution in [3.63, 3.8) is 0 Å². The first-order valence-electron chi connectivity index (χ1n) is 9.43. The molecule has 0 aliphatic carbocycles. The second-order valence-corrected chi connectivity index (χ2v) is 7.93. The standard InChI is InChI=1S/C23H21ClN2O2S/c1-2-27-21-14-17(23-26-25-22(29-23)16-8-4-3-5-9-16)12-13-20(21)28-15-18-10-6-7-11-19(18)24/h3-14,23,26H,2,15H2,1H3/t23-/m0/s1. The van der Waals surface area contributed by atoms with E-state index in [2.05, 4.69) is 22.7 Å². The highest BCUT2D eigenvalue weighted by Gasteiger charge is 2.23. The summed E-state index contributed by atoms with van der Waals surface area (Å²) >= 11 is 7.92. The summed E-state index contributed by atoms with van der Waals surface area (Å²) in [5, 5.41) is 6.19. The Balaban J connectivity index is 1.48. The van der Waals surface area contributed by atoms with Crippen LogP contribution in [0.5, 0.6) is 11.5 Å². The van der Waals surface area contributed by atoms with Gasteiger partial charge in [-0.15, -0.1) is 0 Å². The van der Waals surface area contributed by atoms with Gasteiger partial charge in [-0.2, -0.15) is 5.10 Å². The van der Waals surface area contributed by atoms with Crippen LogP contribution in [0.25, 0.3) is 0 Å². The number of halogens is 1. The zero-order chi connectivity index (χ0) is 20.1. The van der Waals surface area contributed by atoms with Crippen LogP contribution >= 0.6 is 23.4 Å². The largest absolute Gasteiger partial charge is 0.490 e. The summed E-state index contributed by atoms with van der Waals surface area (Å²) in [5.41, 5.74) is 6.34. The Morgan fingerprint density at radius 2 is 1.76 bits per heavy atom. The number of hydrazone groups is 1. The van der Waals surface area contributed by atoms with Crippen molar-refractivity contribution in [3.8, 4) is 11.5 Å². The van der Waals surface area contributed by atoms with Gasteiger partial charge in [0.15, 0.2) is 11.5 Å². The SMILES string of the molecule is CCOc1cc([C@H]2NN=C(c3ccccc3)S2)ccc1OCc1ccccc1Cl. The molecule has 0 unspecified atom stereocenters. The number of hydrogen-bond acceptors (Lipinski definition) is 5. The quantitative estimate of drug-likeness (QED) is 0.504. The number of hydrogen-bond donors (Lipinski definition) is 1. The van der Waals surface area contributed by atoms with Gasteiger partial charge >= 0.3 is 0 Å². The Morgan fingerprint density at radius 1 is 0.966 bits per heavy atom. The second kappa shape index (κ2) is 9.25. The summed E-state index contributed by atoms with van der Waals surface area (Å²) in [7, 11) is 0. The molecule has 6 heteroatoms. The second-order valence-electron chi connectivity index (χ2n) is 6.43. The van der Waals surface area contributed by atoms with Gasteiger partial charge < -0.3 is 9.47 Å². The van der Waals surface area contributed by atoms with Crippen LogP contribution < -0.4 is 14.9 Å². The van der Waals surface area contributed by atoms with Crippen molar-refractivity contribution in [1.29, 1.82) is 0 Å². The Hall–Kier alpha value is -2.63. The first-order chi connectivity index (χ1) is 14.2. The number of nitrogens with one attached hydrogen (secondary N) is 1. The Bertz CT molecular complexity index is 1010. The van der Waals surface area contributed by atoms with Crippen molar-refractivity contribution >= 4 is 28.4 Å². The van der Waals surface area contributed by atoms with Gasteiger partial charge in [-0.1, -0.05) is 78.0 Å². The fraction of sp³-hybridized carbons (Fsp3) is 0.174. The Morgan fingerprint density at radius 3 is 2.55 bits per heavy atom. The van der Waals surface area contributed by atoms with Gasteiger partial charge in [-0.05, 0) is 30.7 Å². The fourth-order valence-electron chi connectivity index (χ4n) is 2.98. The lowest BCUT2D eigenvalue weighted by atomic mass is 10.2. The molecule has 4 rings (SSSR count). The number of nitrogens with zero attached hydrogens (tertiary/aromatic N) is 1. The number of rotatable bonds is 7. The third kappa shape index (κ3) is 4.69. The highest BCUT2D eigenvalue weighted by molar-refractivity contribution is 8.14. The van der Waals surface area contributed by atoms with Crippen LogP contribution in [0, 0.1) is 0 Å². The molecule has 1 atom stereocenters. The summed E-state index contributed by atoms with van der Waals surface area (Å²) in [5.74, 6) is 1.41. The zero-order valence-corrected chi connectivity index (χ0v) is 17.5. The van der Waals surface area contributed by atoms with E-state index in [4.69, 9.17) is 21.1 Å². The lowest BCUT2D eigenvalue weighted by Gasteiger charge is -2.16. The van der Waals surface area contributed by atoms with Crippen molar-refractivity contribution in [3.05, 3.63) is 94.5 Å². The molecule has 0 spiro atoms. The van der Waals surface area contributed by atoms with Crippen molar-refractivity contribution < 1.29 is 9.47 Å². The van der Waals surface area contributed by atoms with Crippen LogP contribution in [0.1, 0.15) is 29.0 Å². The maximum Gasteiger partial charge on any atom is 0.161 e. The van der Waals surface area contributed by atoms with Crippen LogP contribution in [0.3, 0.4) is 0 Å². The molecule has 29 heavy (non-hydrogen) atoms. The van der Waals surface area contributed by atoms with E-state index in [-0.39, 0.29) is 5.37 Å². The van der Waals surface area contributed by atoms with Gasteiger partial charge in [0, 0.05) is 16.1 Å². The van der Waals surface area contributed by atoms with E-state index < -0.39 is 0 Å². The van der Waals surface area contributed by atoms with E-state index in [1.807, 2.05) is 67.6 Å². The first kappa shape index (κ1) is 19.7. The molecule has 0 aromatic heterocycles. The molecule has 4 nitrogen and oxygen atoms in total. The molecule has 0 fully saturated rings. The van der Waals surface area contributed by atoms with Crippen LogP contribution in [0.15, 0.2) is 77.9 Å². The van der Waals surface area contributed by atoms with Crippen LogP contribution in [-0.2, 0) is 6.61 Å². The smallest absolute Gasteiger partial charge is 0.161 e. The van der Waals surface area contributed by atoms with Gasteiger partial charge in [-0.3, -0.25) is 5.43 Å². The molecule has 3 aromatic rings. The first-order valence-corrected chi connectivity index (χ1v) is 10.7. The fourth-order valence-corrected chi connectivity index (χ4v) is 4.16. The Kier molecular flexibility index (Phi) is 6.27. The number of thioether (sulfide) groups is 1. The van der Waals surface area contributed by atoms with Gasteiger partial charge in [0.05, 0.1) is 6.61 Å². The number of benzene rings is 3. The van der Waals surface area contributed by atoms with E-state index in [9.17, 15) is 0 Å². The minimum atomic E-state index is 0.0297. The molecular weight excluding hydrogens is 404 g/mol. The molecule has 3 aromatic carbocycles. The molecule has 0 saturated heterocycles. The van der Waals surface area contributed by atoms with Crippen molar-refractivity contribution in [2.75, 3.05) is 6.61 Å². The summed E-state index contributed by atoms with van der Waals surface area (Å²) in [6.45, 7) is 2.91. The maximum atomic E-state index is 6.23. The molecule has 0 bridgehead atoms. The van der Waals surface area contributed by atoms with E-state index in [1.165, 1.54) is 0 Å². The van der Waals surface area contributed by atoms with Gasteiger partial charge in [-0.25, -0.2) is 0 Å². The van der Waals surface area contributed by atoms with Gasteiger partial charge in [0.1, 0.15) is 17.0 Å². The molecule has 1 heterocycles. The molecule has 0 saturated carbocycles. The molecule has 1 aliphatic rings. The molecule has 1 aliphatic heterocycles. The predicted octanol–water partition coefficient (Wildman–Crippen LogP) is 6.01. The minimum Gasteiger partial charge on any atom is -0.490 e. The third-order valence-corrected chi connectivity index (χ3v) is 5.98. The average Bonchev–Trinajstić information content (AvgIpc) is 3.25. The van der Waals surface area contributed by atoms with Gasteiger partial charge in [0.25, 0.3) is 0 Å². The summed E-state index contributed by atoms with van der Waals surface area (Å²) in [4.78, 5) is 0. The molecule has 0 amide bonds. The highest BCUT2D eigenvalue weighted by atomic mass is 35.5. The predicted molar refractivity (Wildman–Crippen MR) is 120 cm³/mol. The van der Waals surface area contributed by atoms with Crippen LogP contribution in [0.2, 0.25) is 5.02 Å². The van der Waals surface area contributed by atoms with Crippen molar-refractivity contribution in [1.82, 2.24) is 5.43 Å². The van der Waals surface area contributed by atoms with Gasteiger partial charge in [0.2, 0.25) is 0 Å². The maximum absolute atomic E-state index is 6.23. The third-order valence-electron chi connectivity index (χ3n) is 4.44. The lowest BCUT2D eigenvalue weighted by molar-refractivity contribution is 0.269. The monoisotopic (exact) mass is 424 g/mol. The molecule has 1 N–H and O–H groups in total. The zero-order valence-electron chi connectivity index (χ0n) is 16.0. The van der Waals surface area contributed by atoms with Crippen LogP contribution in [0.4, 0.5) is 0 Å². The average molecular weight is 425 g/mol. The van der Waals surface area contributed by atoms with Crippen LogP contribution in [-0.4, -0.2) is 11.7 Å². The summed E-state index contributed by atoms with van der Waals surface area (Å²) in [6.07, 6.45) is 0. The molecule has 148 valence electrons. The van der Waals surface area contributed by atoms with E-state index in [0.717, 1.165) is 21.7 Å². The lowest BCUT2D eigenvalue weighted by Crippen LogP contribution is -2.08.